The van der Waals surface area contributed by atoms with Gasteiger partial charge in [0.05, 0.1) is 0 Å². The molecule has 6 heteroatoms. The summed E-state index contributed by atoms with van der Waals surface area (Å²) in [6, 6.07) is 0. The van der Waals surface area contributed by atoms with E-state index in [1.807, 2.05) is 0 Å². The Hall–Kier alpha value is 2.80. The monoisotopic (exact) mass is 398 g/mol. The van der Waals surface area contributed by atoms with Gasteiger partial charge in [-0.1, -0.05) is 0 Å². The minimum absolute atomic E-state index is 0. The molecule has 0 atom stereocenters. The zero-order valence-electron chi connectivity index (χ0n) is 2.72. The summed E-state index contributed by atoms with van der Waals surface area (Å²) >= 11 is -3.11. The fourth-order valence-electron chi connectivity index (χ4n) is 0. The average molecular weight is 399 g/mol. The van der Waals surface area contributed by atoms with E-state index in [1.165, 1.54) is 0 Å². The average Bonchev–Trinajstić information content (AvgIpc) is 0.722. The van der Waals surface area contributed by atoms with Gasteiger partial charge in [0.2, 0.25) is 0 Å². The van der Waals surface area contributed by atoms with Crippen LogP contribution < -0.4 is 0 Å². The van der Waals surface area contributed by atoms with Crippen LogP contribution in [0.4, 0.5) is 0 Å². The Morgan fingerprint density at radius 1 is 0.833 bits per heavy atom. The number of rotatable bonds is 0. The van der Waals surface area contributed by atoms with Crippen LogP contribution in [0.5, 0.6) is 0 Å². The third-order valence-corrected chi connectivity index (χ3v) is 0. The van der Waals surface area contributed by atoms with Crippen LogP contribution in [0.2, 0.25) is 0 Å². The van der Waals surface area contributed by atoms with Crippen molar-refractivity contribution in [2.75, 3.05) is 0 Å². The van der Waals surface area contributed by atoms with Gasteiger partial charge in [-0.05, 0) is 0 Å². The van der Waals surface area contributed by atoms with E-state index in [1.54, 1.807) is 0 Å². The summed E-state index contributed by atoms with van der Waals surface area (Å²) in [5.74, 6) is 0. The minimum atomic E-state index is -3.11. The molecule has 0 aliphatic carbocycles. The molecule has 0 nitrogen and oxygen atoms in total. The molecule has 0 spiro atoms. The quantitative estimate of drug-likeness (QED) is 0.546. The predicted molar refractivity (Wildman–Crippen MR) is 32.0 cm³/mol. The van der Waals surface area contributed by atoms with Gasteiger partial charge in [0, 0.05) is 0 Å². The first kappa shape index (κ1) is 11.6. The molecule has 0 aliphatic heterocycles. The van der Waals surface area contributed by atoms with E-state index in [4.69, 9.17) is 37.2 Å². The first-order valence-electron chi connectivity index (χ1n) is 0.756. The van der Waals surface area contributed by atoms with Crippen molar-refractivity contribution in [1.29, 1.82) is 0 Å². The molecule has 0 saturated carbocycles. The first-order valence-corrected chi connectivity index (χ1v) is 9.35. The summed E-state index contributed by atoms with van der Waals surface area (Å²) in [4.78, 5) is 0. The number of halogens is 4. The van der Waals surface area contributed by atoms with Crippen molar-refractivity contribution in [2.45, 2.75) is 0 Å². The molecule has 0 fully saturated rings. The number of hydrogen-bond acceptors (Lipinski definition) is 0. The molecule has 6 heavy (non-hydrogen) atoms. The summed E-state index contributed by atoms with van der Waals surface area (Å²) in [5.41, 5.74) is 0. The Morgan fingerprint density at radius 2 is 0.833 bits per heavy atom. The van der Waals surface area contributed by atoms with Crippen molar-refractivity contribution in [3.05, 3.63) is 0 Å². The molecule has 0 N–H and O–H groups in total. The van der Waals surface area contributed by atoms with E-state index in [0.717, 1.165) is 0 Å². The van der Waals surface area contributed by atoms with Crippen molar-refractivity contribution >= 4 is 64.5 Å². The van der Waals surface area contributed by atoms with E-state index in [9.17, 15) is 0 Å². The van der Waals surface area contributed by atoms with Crippen molar-refractivity contribution in [2.24, 2.45) is 0 Å². The Balaban J connectivity index is 0. The van der Waals surface area contributed by atoms with Crippen LogP contribution in [-0.2, 0) is 12.3 Å². The molecular weight excluding hydrogens is 397 g/mol. The van der Waals surface area contributed by atoms with Crippen LogP contribution in [0.1, 0.15) is 0 Å². The van der Waals surface area contributed by atoms with Crippen molar-refractivity contribution in [3.63, 3.8) is 0 Å². The predicted octanol–water partition coefficient (Wildman–Crippen LogP) is 1.84. The van der Waals surface area contributed by atoms with Gasteiger partial charge in [-0.2, -0.15) is 0 Å². The molecule has 0 aliphatic rings. The molecule has 38 valence electrons. The van der Waals surface area contributed by atoms with Crippen molar-refractivity contribution in [3.8, 4) is 0 Å². The van der Waals surface area contributed by atoms with Crippen molar-refractivity contribution in [1.82, 2.24) is 0 Å². The van der Waals surface area contributed by atoms with Gasteiger partial charge >= 0.3 is 76.9 Å². The molecule has 0 aromatic heterocycles. The summed E-state index contributed by atoms with van der Waals surface area (Å²) in [7, 11) is 20.1. The summed E-state index contributed by atoms with van der Waals surface area (Å²) in [5, 5.41) is 0. The van der Waals surface area contributed by atoms with Crippen molar-refractivity contribution < 1.29 is 12.3 Å². The molecule has 0 saturated heterocycles. The Bertz CT molecular complexity index is 23.0. The van der Waals surface area contributed by atoms with E-state index >= 15 is 0 Å². The van der Waals surface area contributed by atoms with Crippen LogP contribution in [0.15, 0.2) is 0 Å². The standard InChI is InChI=1S/4ClH.Pb.Ti.2H/h4*1H;;;;/q;;;;;+4;;/p-4. The van der Waals surface area contributed by atoms with E-state index in [-0.39, 0.29) is 27.3 Å². The second-order valence-electron chi connectivity index (χ2n) is 0.429. The van der Waals surface area contributed by atoms with Gasteiger partial charge in [-0.25, -0.2) is 0 Å². The zero-order valence-corrected chi connectivity index (χ0v) is 12.8. The molecule has 0 heterocycles. The van der Waals surface area contributed by atoms with Gasteiger partial charge < -0.3 is 0 Å². The molecule has 0 bridgehead atoms. The van der Waals surface area contributed by atoms with Crippen LogP contribution >= 0.6 is 37.2 Å². The Morgan fingerprint density at radius 3 is 0.833 bits per heavy atom. The van der Waals surface area contributed by atoms with E-state index in [2.05, 4.69) is 0 Å². The van der Waals surface area contributed by atoms with Gasteiger partial charge in [0.1, 0.15) is 0 Å². The fourth-order valence-corrected chi connectivity index (χ4v) is 0. The topological polar surface area (TPSA) is 0 Å². The molecular formula is H2Cl4PbTi. The van der Waals surface area contributed by atoms with Gasteiger partial charge in [0.15, 0.2) is 0 Å². The SMILES string of the molecule is [Cl][Ti]([Cl])([Cl])[Cl].[PbH2]. The van der Waals surface area contributed by atoms with Crippen LogP contribution in [0, 0.1) is 0 Å². The van der Waals surface area contributed by atoms with Crippen LogP contribution in [0.3, 0.4) is 0 Å². The summed E-state index contributed by atoms with van der Waals surface area (Å²) in [6.07, 6.45) is 0. The summed E-state index contributed by atoms with van der Waals surface area (Å²) in [6.45, 7) is 0. The maximum absolute atomic E-state index is 5.01. The van der Waals surface area contributed by atoms with Gasteiger partial charge in [0.25, 0.3) is 0 Å². The van der Waals surface area contributed by atoms with Gasteiger partial charge in [-0.3, -0.25) is 0 Å². The molecule has 0 rings (SSSR count). The van der Waals surface area contributed by atoms with E-state index < -0.39 is 12.3 Å². The third kappa shape index (κ3) is 29.2. The molecule has 0 unspecified atom stereocenters. The van der Waals surface area contributed by atoms with Crippen LogP contribution in [-0.4, -0.2) is 27.3 Å². The molecule has 0 amide bonds. The second-order valence-corrected chi connectivity index (χ2v) is 15.9. The first-order chi connectivity index (χ1) is 2.00. The van der Waals surface area contributed by atoms with Gasteiger partial charge in [-0.15, -0.1) is 0 Å². The number of hydrogen-bond donors (Lipinski definition) is 0. The molecule has 2 radical (unpaired) electrons. The molecule has 0 aromatic carbocycles. The third-order valence-electron chi connectivity index (χ3n) is 0. The fraction of sp³-hybridized carbons (Fsp3) is 0. The summed E-state index contributed by atoms with van der Waals surface area (Å²) < 4.78 is 0. The normalized spacial score (nSPS) is 10.0. The zero-order chi connectivity index (χ0) is 4.50. The van der Waals surface area contributed by atoms with E-state index in [0.29, 0.717) is 0 Å². The van der Waals surface area contributed by atoms with Crippen LogP contribution in [0.25, 0.3) is 0 Å². The second kappa shape index (κ2) is 4.65. The molecule has 0 aromatic rings. The maximum atomic E-state index is 5.01. The Kier molecular flexibility index (Phi) is 8.98. The Labute approximate surface area is 75.5 Å².